The molecule has 3 rings (SSSR count). The van der Waals surface area contributed by atoms with Gasteiger partial charge in [0.05, 0.1) is 12.1 Å². The van der Waals surface area contributed by atoms with Gasteiger partial charge in [-0.3, -0.25) is 0 Å². The van der Waals surface area contributed by atoms with Crippen LogP contribution in [0.25, 0.3) is 5.65 Å². The summed E-state index contributed by atoms with van der Waals surface area (Å²) in [6.45, 7) is 0.127. The number of anilines is 1. The fourth-order valence-electron chi connectivity index (χ4n) is 2.54. The van der Waals surface area contributed by atoms with E-state index in [1.807, 2.05) is 12.1 Å². The molecular formula is C11H16N6O. The molecule has 0 radical (unpaired) electrons. The first kappa shape index (κ1) is 11.3. The quantitative estimate of drug-likeness (QED) is 0.828. The Hall–Kier alpha value is -1.76. The largest absolute Gasteiger partial charge is 0.394 e. The smallest absolute Gasteiger partial charge is 0.200 e. The highest BCUT2D eigenvalue weighted by Crippen LogP contribution is 2.30. The van der Waals surface area contributed by atoms with Crippen molar-refractivity contribution in [3.63, 3.8) is 0 Å². The fraction of sp³-hybridized carbons (Fsp3) is 0.636. The molecule has 0 saturated heterocycles. The predicted octanol–water partition coefficient (Wildman–Crippen LogP) is 0.626. The Labute approximate surface area is 104 Å². The number of aliphatic hydroxyl groups is 1. The van der Waals surface area contributed by atoms with E-state index in [0.29, 0.717) is 11.5 Å². The summed E-state index contributed by atoms with van der Waals surface area (Å²) in [4.78, 5) is 0. The van der Waals surface area contributed by atoms with Crippen LogP contribution in [0.15, 0.2) is 12.1 Å². The van der Waals surface area contributed by atoms with Crippen LogP contribution in [-0.4, -0.2) is 42.5 Å². The lowest BCUT2D eigenvalue weighted by Crippen LogP contribution is -2.44. The van der Waals surface area contributed by atoms with E-state index >= 15 is 0 Å². The molecule has 0 atom stereocenters. The Morgan fingerprint density at radius 2 is 2.11 bits per heavy atom. The Kier molecular flexibility index (Phi) is 2.83. The number of hydrogen-bond acceptors (Lipinski definition) is 6. The maximum Gasteiger partial charge on any atom is 0.200 e. The molecule has 0 unspecified atom stereocenters. The van der Waals surface area contributed by atoms with Crippen LogP contribution in [0.4, 0.5) is 5.82 Å². The lowest BCUT2D eigenvalue weighted by Gasteiger charge is -2.36. The minimum Gasteiger partial charge on any atom is -0.394 e. The number of rotatable bonds is 3. The number of nitrogens with zero attached hydrogens (tertiary/aromatic N) is 5. The molecule has 0 bridgehead atoms. The van der Waals surface area contributed by atoms with E-state index in [4.69, 9.17) is 0 Å². The molecule has 2 aromatic heterocycles. The number of nitrogens with one attached hydrogen (secondary N) is 1. The molecule has 1 saturated carbocycles. The maximum atomic E-state index is 9.64. The maximum absolute atomic E-state index is 9.64. The second-order valence-corrected chi connectivity index (χ2v) is 4.87. The third kappa shape index (κ3) is 2.01. The van der Waals surface area contributed by atoms with Crippen molar-refractivity contribution < 1.29 is 5.11 Å². The highest BCUT2D eigenvalue weighted by Gasteiger charge is 2.31. The second kappa shape index (κ2) is 4.49. The topological polar surface area (TPSA) is 88.2 Å². The van der Waals surface area contributed by atoms with Gasteiger partial charge in [-0.15, -0.1) is 14.8 Å². The molecule has 7 heteroatoms. The van der Waals surface area contributed by atoms with Gasteiger partial charge < -0.3 is 10.4 Å². The van der Waals surface area contributed by atoms with Gasteiger partial charge in [-0.1, -0.05) is 19.3 Å². The number of aromatic nitrogens is 5. The summed E-state index contributed by atoms with van der Waals surface area (Å²) in [5.74, 6) is 0.700. The van der Waals surface area contributed by atoms with E-state index in [0.717, 1.165) is 25.7 Å². The molecule has 0 amide bonds. The van der Waals surface area contributed by atoms with E-state index in [9.17, 15) is 5.11 Å². The van der Waals surface area contributed by atoms with Crippen molar-refractivity contribution in [1.82, 2.24) is 25.3 Å². The Morgan fingerprint density at radius 3 is 2.89 bits per heavy atom. The van der Waals surface area contributed by atoms with Crippen molar-refractivity contribution in [2.45, 2.75) is 37.6 Å². The molecule has 2 heterocycles. The SMILES string of the molecule is OCC1(Nc2ccc3nnnn3n2)CCCCC1. The van der Waals surface area contributed by atoms with Crippen molar-refractivity contribution in [3.8, 4) is 0 Å². The first-order chi connectivity index (χ1) is 8.81. The molecule has 18 heavy (non-hydrogen) atoms. The normalized spacial score (nSPS) is 18.9. The average Bonchev–Trinajstić information content (AvgIpc) is 2.87. The average molecular weight is 248 g/mol. The number of aliphatic hydroxyl groups excluding tert-OH is 1. The zero-order valence-electron chi connectivity index (χ0n) is 10.1. The van der Waals surface area contributed by atoms with Gasteiger partial charge in [0, 0.05) is 0 Å². The monoisotopic (exact) mass is 248 g/mol. The molecule has 1 aliphatic carbocycles. The van der Waals surface area contributed by atoms with Gasteiger partial charge in [0.25, 0.3) is 0 Å². The summed E-state index contributed by atoms with van der Waals surface area (Å²) in [5.41, 5.74) is 0.370. The Balaban J connectivity index is 1.85. The Morgan fingerprint density at radius 1 is 1.28 bits per heavy atom. The van der Waals surface area contributed by atoms with Crippen LogP contribution < -0.4 is 5.32 Å². The fourth-order valence-corrected chi connectivity index (χ4v) is 2.54. The molecule has 1 fully saturated rings. The lowest BCUT2D eigenvalue weighted by atomic mass is 9.82. The van der Waals surface area contributed by atoms with Crippen molar-refractivity contribution in [1.29, 1.82) is 0 Å². The van der Waals surface area contributed by atoms with Crippen LogP contribution in [-0.2, 0) is 0 Å². The third-order valence-corrected chi connectivity index (χ3v) is 3.58. The van der Waals surface area contributed by atoms with Crippen molar-refractivity contribution >= 4 is 11.5 Å². The van der Waals surface area contributed by atoms with Crippen LogP contribution >= 0.6 is 0 Å². The molecule has 0 aromatic carbocycles. The first-order valence-electron chi connectivity index (χ1n) is 6.26. The molecule has 7 nitrogen and oxygen atoms in total. The van der Waals surface area contributed by atoms with Gasteiger partial charge >= 0.3 is 0 Å². The second-order valence-electron chi connectivity index (χ2n) is 4.87. The van der Waals surface area contributed by atoms with Crippen molar-refractivity contribution in [2.75, 3.05) is 11.9 Å². The summed E-state index contributed by atoms with van der Waals surface area (Å²) in [5, 5.41) is 28.4. The van der Waals surface area contributed by atoms with Gasteiger partial charge in [0.2, 0.25) is 0 Å². The van der Waals surface area contributed by atoms with E-state index < -0.39 is 0 Å². The lowest BCUT2D eigenvalue weighted by molar-refractivity contribution is 0.172. The van der Waals surface area contributed by atoms with Gasteiger partial charge in [-0.2, -0.15) is 0 Å². The summed E-state index contributed by atoms with van der Waals surface area (Å²) < 4.78 is 1.39. The van der Waals surface area contributed by atoms with Gasteiger partial charge in [0.15, 0.2) is 5.65 Å². The zero-order chi connectivity index (χ0) is 12.4. The summed E-state index contributed by atoms with van der Waals surface area (Å²) in [6, 6.07) is 3.65. The minimum atomic E-state index is -0.243. The van der Waals surface area contributed by atoms with Gasteiger partial charge in [-0.05, 0) is 35.4 Å². The van der Waals surface area contributed by atoms with Crippen LogP contribution in [0.2, 0.25) is 0 Å². The van der Waals surface area contributed by atoms with Crippen LogP contribution in [0.3, 0.4) is 0 Å². The highest BCUT2D eigenvalue weighted by molar-refractivity contribution is 5.44. The minimum absolute atomic E-state index is 0.127. The number of hydrogen-bond donors (Lipinski definition) is 2. The summed E-state index contributed by atoms with van der Waals surface area (Å²) in [6.07, 6.45) is 5.46. The first-order valence-corrected chi connectivity index (χ1v) is 6.26. The summed E-state index contributed by atoms with van der Waals surface area (Å²) >= 11 is 0. The molecule has 0 spiro atoms. The van der Waals surface area contributed by atoms with Gasteiger partial charge in [0.1, 0.15) is 5.82 Å². The standard InChI is InChI=1S/C11H16N6O/c18-8-11(6-2-1-3-7-11)12-9-4-5-10-13-15-16-17(10)14-9/h4-5,18H,1-3,6-8H2,(H,12,14). The molecule has 1 aliphatic rings. The molecule has 2 N–H and O–H groups in total. The molecule has 0 aliphatic heterocycles. The Bertz CT molecular complexity index is 533. The highest BCUT2D eigenvalue weighted by atomic mass is 16.3. The van der Waals surface area contributed by atoms with Crippen LogP contribution in [0, 0.1) is 0 Å². The van der Waals surface area contributed by atoms with E-state index in [1.165, 1.54) is 11.1 Å². The van der Waals surface area contributed by atoms with Gasteiger partial charge in [-0.25, -0.2) is 0 Å². The number of tetrazole rings is 1. The molecular weight excluding hydrogens is 232 g/mol. The predicted molar refractivity (Wildman–Crippen MR) is 65.1 cm³/mol. The van der Waals surface area contributed by atoms with Crippen molar-refractivity contribution in [3.05, 3.63) is 12.1 Å². The van der Waals surface area contributed by atoms with Crippen molar-refractivity contribution in [2.24, 2.45) is 0 Å². The summed E-state index contributed by atoms with van der Waals surface area (Å²) in [7, 11) is 0. The van der Waals surface area contributed by atoms with E-state index in [-0.39, 0.29) is 12.1 Å². The number of fused-ring (bicyclic) bond motifs is 1. The zero-order valence-corrected chi connectivity index (χ0v) is 10.1. The third-order valence-electron chi connectivity index (χ3n) is 3.58. The van der Waals surface area contributed by atoms with Crippen LogP contribution in [0.5, 0.6) is 0 Å². The molecule has 96 valence electrons. The van der Waals surface area contributed by atoms with Crippen LogP contribution in [0.1, 0.15) is 32.1 Å². The molecule has 2 aromatic rings. The van der Waals surface area contributed by atoms with E-state index in [2.05, 4.69) is 25.9 Å². The van der Waals surface area contributed by atoms with E-state index in [1.54, 1.807) is 0 Å².